The van der Waals surface area contributed by atoms with Gasteiger partial charge in [0, 0.05) is 11.8 Å². The highest BCUT2D eigenvalue weighted by atomic mass is 35.5. The first-order valence-electron chi connectivity index (χ1n) is 3.86. The number of carboxylic acid groups (broad SMARTS) is 1. The number of anilines is 1. The molecule has 0 spiro atoms. The highest BCUT2D eigenvalue weighted by molar-refractivity contribution is 6.27. The van der Waals surface area contributed by atoms with E-state index in [0.717, 1.165) is 0 Å². The molecule has 0 aromatic heterocycles. The van der Waals surface area contributed by atoms with E-state index in [1.807, 2.05) is 6.07 Å². The van der Waals surface area contributed by atoms with E-state index in [1.165, 1.54) is 11.3 Å². The van der Waals surface area contributed by atoms with E-state index < -0.39 is 12.0 Å². The van der Waals surface area contributed by atoms with Crippen molar-refractivity contribution < 1.29 is 9.90 Å². The summed E-state index contributed by atoms with van der Waals surface area (Å²) >= 11 is 5.80. The Morgan fingerprint density at radius 1 is 1.46 bits per heavy atom. The van der Waals surface area contributed by atoms with Crippen LogP contribution in [-0.2, 0) is 4.79 Å². The summed E-state index contributed by atoms with van der Waals surface area (Å²) in [4.78, 5) is 10.6. The molecule has 0 heterocycles. The van der Waals surface area contributed by atoms with Gasteiger partial charge in [0.15, 0.2) is 0 Å². The monoisotopic (exact) mass is 199 g/mol. The molecule has 0 saturated carbocycles. The van der Waals surface area contributed by atoms with E-state index >= 15 is 0 Å². The maximum absolute atomic E-state index is 10.6. The lowest BCUT2D eigenvalue weighted by Gasteiger charge is -2.19. The molecular weight excluding hydrogens is 190 g/mol. The zero-order valence-electron chi connectivity index (χ0n) is 7.14. The zero-order chi connectivity index (χ0) is 9.84. The van der Waals surface area contributed by atoms with Crippen molar-refractivity contribution in [2.24, 2.45) is 0 Å². The van der Waals surface area contributed by atoms with Crippen molar-refractivity contribution in [3.63, 3.8) is 0 Å². The Balaban J connectivity index is 2.79. The first kappa shape index (κ1) is 9.86. The zero-order valence-corrected chi connectivity index (χ0v) is 7.90. The van der Waals surface area contributed by atoms with Gasteiger partial charge in [0.25, 0.3) is 0 Å². The summed E-state index contributed by atoms with van der Waals surface area (Å²) in [6.07, 6.45) is 0. The molecule has 1 aromatic rings. The van der Waals surface area contributed by atoms with Crippen molar-refractivity contribution in [3.05, 3.63) is 30.3 Å². The SMILES string of the molecule is CC(C(=O)O)N(Cl)c1ccccc1. The van der Waals surface area contributed by atoms with Crippen molar-refractivity contribution in [3.8, 4) is 0 Å². The summed E-state index contributed by atoms with van der Waals surface area (Å²) < 4.78 is 1.20. The second kappa shape index (κ2) is 4.14. The molecule has 70 valence electrons. The molecule has 3 nitrogen and oxygen atoms in total. The molecule has 0 fully saturated rings. The number of hydrogen-bond donors (Lipinski definition) is 1. The largest absolute Gasteiger partial charge is 0.480 e. The van der Waals surface area contributed by atoms with Gasteiger partial charge >= 0.3 is 5.97 Å². The molecule has 1 atom stereocenters. The van der Waals surface area contributed by atoms with Gasteiger partial charge in [0.05, 0.1) is 5.69 Å². The Kier molecular flexibility index (Phi) is 3.14. The fourth-order valence-electron chi connectivity index (χ4n) is 0.891. The third-order valence-corrected chi connectivity index (χ3v) is 2.19. The molecule has 4 heteroatoms. The van der Waals surface area contributed by atoms with Crippen LogP contribution >= 0.6 is 11.8 Å². The van der Waals surface area contributed by atoms with Crippen LogP contribution in [0, 0.1) is 0 Å². The first-order chi connectivity index (χ1) is 6.13. The Labute approximate surface area is 81.7 Å². The minimum absolute atomic E-state index is 0.680. The molecule has 1 aromatic carbocycles. The molecule has 1 N–H and O–H groups in total. The van der Waals surface area contributed by atoms with Crippen LogP contribution in [0.15, 0.2) is 30.3 Å². The minimum atomic E-state index is -0.946. The Morgan fingerprint density at radius 2 is 2.00 bits per heavy atom. The van der Waals surface area contributed by atoms with Gasteiger partial charge in [-0.2, -0.15) is 0 Å². The normalized spacial score (nSPS) is 12.2. The van der Waals surface area contributed by atoms with E-state index in [2.05, 4.69) is 0 Å². The molecule has 0 aliphatic heterocycles. The lowest BCUT2D eigenvalue weighted by molar-refractivity contribution is -0.137. The summed E-state index contributed by atoms with van der Waals surface area (Å²) in [7, 11) is 0. The standard InChI is InChI=1S/C9H10ClNO2/c1-7(9(12)13)11(10)8-5-3-2-4-6-8/h2-7H,1H3,(H,12,13). The van der Waals surface area contributed by atoms with Gasteiger partial charge in [-0.05, 0) is 19.1 Å². The second-order valence-electron chi connectivity index (χ2n) is 2.66. The van der Waals surface area contributed by atoms with Gasteiger partial charge in [-0.15, -0.1) is 0 Å². The Hall–Kier alpha value is -1.22. The second-order valence-corrected chi connectivity index (χ2v) is 3.03. The maximum Gasteiger partial charge on any atom is 0.327 e. The van der Waals surface area contributed by atoms with Gasteiger partial charge in [0.1, 0.15) is 6.04 Å². The van der Waals surface area contributed by atoms with Crippen LogP contribution in [0.4, 0.5) is 5.69 Å². The third kappa shape index (κ3) is 2.36. The molecule has 0 saturated heterocycles. The lowest BCUT2D eigenvalue weighted by atomic mass is 10.3. The van der Waals surface area contributed by atoms with Gasteiger partial charge in [-0.25, -0.2) is 4.79 Å². The molecule has 0 aliphatic carbocycles. The van der Waals surface area contributed by atoms with E-state index in [1.54, 1.807) is 24.3 Å². The number of hydrogen-bond acceptors (Lipinski definition) is 2. The van der Waals surface area contributed by atoms with E-state index in [-0.39, 0.29) is 0 Å². The smallest absolute Gasteiger partial charge is 0.327 e. The van der Waals surface area contributed by atoms with E-state index in [9.17, 15) is 4.79 Å². The maximum atomic E-state index is 10.6. The topological polar surface area (TPSA) is 40.5 Å². The van der Waals surface area contributed by atoms with Gasteiger partial charge in [-0.3, -0.25) is 4.42 Å². The van der Waals surface area contributed by atoms with Crippen LogP contribution in [0.5, 0.6) is 0 Å². The van der Waals surface area contributed by atoms with E-state index in [4.69, 9.17) is 16.9 Å². The average Bonchev–Trinajstić information content (AvgIpc) is 2.17. The number of rotatable bonds is 3. The summed E-state index contributed by atoms with van der Waals surface area (Å²) in [5.41, 5.74) is 0.680. The molecule has 13 heavy (non-hydrogen) atoms. The van der Waals surface area contributed by atoms with Crippen LogP contribution in [-0.4, -0.2) is 17.1 Å². The molecule has 0 aliphatic rings. The predicted molar refractivity (Wildman–Crippen MR) is 51.9 cm³/mol. The molecule has 1 unspecified atom stereocenters. The predicted octanol–water partition coefficient (Wildman–Crippen LogP) is 2.12. The quantitative estimate of drug-likeness (QED) is 0.759. The van der Waals surface area contributed by atoms with Crippen LogP contribution < -0.4 is 4.42 Å². The van der Waals surface area contributed by atoms with Crippen molar-refractivity contribution in [2.75, 3.05) is 4.42 Å². The fraction of sp³-hybridized carbons (Fsp3) is 0.222. The van der Waals surface area contributed by atoms with Crippen molar-refractivity contribution >= 4 is 23.4 Å². The molecule has 1 rings (SSSR count). The van der Waals surface area contributed by atoms with Gasteiger partial charge < -0.3 is 5.11 Å². The fourth-order valence-corrected chi connectivity index (χ4v) is 1.09. The van der Waals surface area contributed by atoms with Crippen LogP contribution in [0.1, 0.15) is 6.92 Å². The van der Waals surface area contributed by atoms with Crippen molar-refractivity contribution in [1.82, 2.24) is 0 Å². The Morgan fingerprint density at radius 3 is 2.46 bits per heavy atom. The molecule has 0 bridgehead atoms. The summed E-state index contributed by atoms with van der Waals surface area (Å²) in [5, 5.41) is 8.69. The van der Waals surface area contributed by atoms with Gasteiger partial charge in [0.2, 0.25) is 0 Å². The third-order valence-electron chi connectivity index (χ3n) is 1.70. The number of aliphatic carboxylic acids is 1. The minimum Gasteiger partial charge on any atom is -0.480 e. The number of halogens is 1. The average molecular weight is 200 g/mol. The lowest BCUT2D eigenvalue weighted by Crippen LogP contribution is -2.31. The number of nitrogens with zero attached hydrogens (tertiary/aromatic N) is 1. The highest BCUT2D eigenvalue weighted by Crippen LogP contribution is 2.18. The molecule has 0 amide bonds. The van der Waals surface area contributed by atoms with Crippen LogP contribution in [0.2, 0.25) is 0 Å². The van der Waals surface area contributed by atoms with Gasteiger partial charge in [-0.1, -0.05) is 18.2 Å². The molecular formula is C9H10ClNO2. The summed E-state index contributed by atoms with van der Waals surface area (Å²) in [6.45, 7) is 1.53. The van der Waals surface area contributed by atoms with E-state index in [0.29, 0.717) is 5.69 Å². The molecule has 0 radical (unpaired) electrons. The number of benzene rings is 1. The van der Waals surface area contributed by atoms with Crippen LogP contribution in [0.3, 0.4) is 0 Å². The van der Waals surface area contributed by atoms with Crippen LogP contribution in [0.25, 0.3) is 0 Å². The number of para-hydroxylation sites is 1. The number of carboxylic acids is 1. The summed E-state index contributed by atoms with van der Waals surface area (Å²) in [6, 6.07) is 8.24. The Bertz CT molecular complexity index is 289. The summed E-state index contributed by atoms with van der Waals surface area (Å²) in [5.74, 6) is -0.946. The number of carbonyl (C=O) groups is 1. The van der Waals surface area contributed by atoms with Crippen molar-refractivity contribution in [1.29, 1.82) is 0 Å². The highest BCUT2D eigenvalue weighted by Gasteiger charge is 2.18. The van der Waals surface area contributed by atoms with Crippen molar-refractivity contribution in [2.45, 2.75) is 13.0 Å². The first-order valence-corrected chi connectivity index (χ1v) is 4.19.